The van der Waals surface area contributed by atoms with Crippen LogP contribution < -0.4 is 10.6 Å². The first-order valence-electron chi connectivity index (χ1n) is 6.39. The third-order valence-corrected chi connectivity index (χ3v) is 3.56. The molecule has 1 aromatic rings. The minimum atomic E-state index is -0.118. The quantitative estimate of drug-likeness (QED) is 0.837. The first kappa shape index (κ1) is 11.3. The normalized spacial score (nSPS) is 26.8. The molecule has 0 spiro atoms. The van der Waals surface area contributed by atoms with Crippen LogP contribution in [0, 0.1) is 5.92 Å². The van der Waals surface area contributed by atoms with Gasteiger partial charge in [0, 0.05) is 12.3 Å². The van der Waals surface area contributed by atoms with E-state index in [4.69, 9.17) is 0 Å². The number of hydrogen-bond donors (Lipinski definition) is 2. The molecule has 18 heavy (non-hydrogen) atoms. The highest BCUT2D eigenvalue weighted by atomic mass is 16.2. The molecule has 4 nitrogen and oxygen atoms in total. The Labute approximate surface area is 106 Å². The highest BCUT2D eigenvalue weighted by Gasteiger charge is 2.37. The highest BCUT2D eigenvalue weighted by molar-refractivity contribution is 5.84. The smallest absolute Gasteiger partial charge is 0.223 e. The van der Waals surface area contributed by atoms with Crippen LogP contribution in [-0.4, -0.2) is 17.9 Å². The van der Waals surface area contributed by atoms with Gasteiger partial charge in [0.25, 0.3) is 0 Å². The third kappa shape index (κ3) is 2.23. The Hall–Kier alpha value is -1.84. The average molecular weight is 244 g/mol. The van der Waals surface area contributed by atoms with Gasteiger partial charge in [-0.05, 0) is 18.4 Å². The Bertz CT molecular complexity index is 468. The minimum absolute atomic E-state index is 0.00458. The molecule has 4 heteroatoms. The van der Waals surface area contributed by atoms with Gasteiger partial charge in [0.1, 0.15) is 0 Å². The van der Waals surface area contributed by atoms with Gasteiger partial charge in [0.15, 0.2) is 0 Å². The topological polar surface area (TPSA) is 58.2 Å². The van der Waals surface area contributed by atoms with Crippen LogP contribution in [0.3, 0.4) is 0 Å². The van der Waals surface area contributed by atoms with E-state index in [2.05, 4.69) is 10.6 Å². The summed E-state index contributed by atoms with van der Waals surface area (Å²) in [5.41, 5.74) is 1.05. The molecule has 0 bridgehead atoms. The van der Waals surface area contributed by atoms with E-state index < -0.39 is 0 Å². The summed E-state index contributed by atoms with van der Waals surface area (Å²) >= 11 is 0. The standard InChI is InChI=1S/C14H16N2O2/c17-12-8-11(15-14(18)10-6-7-10)13(16-12)9-4-2-1-3-5-9/h1-5,10-11,13H,6-8H2,(H,15,18)(H,16,17)/t11-,13+/m1/s1. The van der Waals surface area contributed by atoms with Gasteiger partial charge in [-0.1, -0.05) is 30.3 Å². The number of carbonyl (C=O) groups excluding carboxylic acids is 2. The zero-order valence-corrected chi connectivity index (χ0v) is 10.1. The fraction of sp³-hybridized carbons (Fsp3) is 0.429. The van der Waals surface area contributed by atoms with E-state index >= 15 is 0 Å². The van der Waals surface area contributed by atoms with Gasteiger partial charge in [-0.25, -0.2) is 0 Å². The monoisotopic (exact) mass is 244 g/mol. The summed E-state index contributed by atoms with van der Waals surface area (Å²) in [7, 11) is 0. The fourth-order valence-electron chi connectivity index (χ4n) is 2.41. The highest BCUT2D eigenvalue weighted by Crippen LogP contribution is 2.31. The number of nitrogens with one attached hydrogen (secondary N) is 2. The van der Waals surface area contributed by atoms with Crippen LogP contribution in [0.15, 0.2) is 30.3 Å². The van der Waals surface area contributed by atoms with Gasteiger partial charge in [-0.15, -0.1) is 0 Å². The maximum atomic E-state index is 11.8. The fourth-order valence-corrected chi connectivity index (χ4v) is 2.41. The van der Waals surface area contributed by atoms with Gasteiger partial charge < -0.3 is 10.6 Å². The molecule has 1 saturated carbocycles. The van der Waals surface area contributed by atoms with Gasteiger partial charge in [0.05, 0.1) is 12.1 Å². The lowest BCUT2D eigenvalue weighted by Gasteiger charge is -2.20. The summed E-state index contributed by atoms with van der Waals surface area (Å²) in [5.74, 6) is 0.277. The van der Waals surface area contributed by atoms with Crippen LogP contribution in [0.2, 0.25) is 0 Å². The first-order valence-corrected chi connectivity index (χ1v) is 6.39. The second-order valence-electron chi connectivity index (χ2n) is 5.05. The predicted molar refractivity (Wildman–Crippen MR) is 66.6 cm³/mol. The number of amides is 2. The second kappa shape index (κ2) is 4.44. The number of rotatable bonds is 3. The lowest BCUT2D eigenvalue weighted by molar-refractivity contribution is -0.123. The Morgan fingerprint density at radius 2 is 1.94 bits per heavy atom. The number of carbonyl (C=O) groups is 2. The SMILES string of the molecule is O=C1C[C@@H](NC(=O)C2CC2)[C@H](c2ccccc2)N1. The predicted octanol–water partition coefficient (Wildman–Crippen LogP) is 1.14. The Morgan fingerprint density at radius 1 is 1.22 bits per heavy atom. The Balaban J connectivity index is 1.74. The van der Waals surface area contributed by atoms with Crippen LogP contribution in [-0.2, 0) is 9.59 Å². The molecule has 0 unspecified atom stereocenters. The van der Waals surface area contributed by atoms with Crippen LogP contribution in [0.1, 0.15) is 30.9 Å². The molecule has 94 valence electrons. The van der Waals surface area contributed by atoms with Crippen molar-refractivity contribution in [3.63, 3.8) is 0 Å². The molecular weight excluding hydrogens is 228 g/mol. The Kier molecular flexibility index (Phi) is 2.78. The summed E-state index contributed by atoms with van der Waals surface area (Å²) in [5, 5.41) is 5.93. The molecule has 0 aromatic heterocycles. The molecular formula is C14H16N2O2. The van der Waals surface area contributed by atoms with E-state index in [1.165, 1.54) is 0 Å². The van der Waals surface area contributed by atoms with Crippen molar-refractivity contribution in [1.29, 1.82) is 0 Å². The van der Waals surface area contributed by atoms with Crippen molar-refractivity contribution in [3.05, 3.63) is 35.9 Å². The summed E-state index contributed by atoms with van der Waals surface area (Å²) in [6, 6.07) is 9.57. The van der Waals surface area contributed by atoms with Gasteiger partial charge in [-0.2, -0.15) is 0 Å². The molecule has 2 fully saturated rings. The summed E-state index contributed by atoms with van der Waals surface area (Å²) < 4.78 is 0. The molecule has 1 heterocycles. The van der Waals surface area contributed by atoms with Crippen molar-refractivity contribution in [2.24, 2.45) is 5.92 Å². The summed E-state index contributed by atoms with van der Waals surface area (Å²) in [6.07, 6.45) is 2.34. The van der Waals surface area contributed by atoms with Crippen LogP contribution >= 0.6 is 0 Å². The van der Waals surface area contributed by atoms with Crippen LogP contribution in [0.25, 0.3) is 0 Å². The van der Waals surface area contributed by atoms with E-state index in [9.17, 15) is 9.59 Å². The average Bonchev–Trinajstić information content (AvgIpc) is 3.16. The minimum Gasteiger partial charge on any atom is -0.350 e. The lowest BCUT2D eigenvalue weighted by Crippen LogP contribution is -2.39. The maximum absolute atomic E-state index is 11.8. The van der Waals surface area contributed by atoms with E-state index in [-0.39, 0.29) is 29.8 Å². The van der Waals surface area contributed by atoms with Gasteiger partial charge in [-0.3, -0.25) is 9.59 Å². The maximum Gasteiger partial charge on any atom is 0.223 e. The summed E-state index contributed by atoms with van der Waals surface area (Å²) in [4.78, 5) is 23.3. The van der Waals surface area contributed by atoms with Crippen molar-refractivity contribution in [1.82, 2.24) is 10.6 Å². The van der Waals surface area contributed by atoms with E-state index in [0.717, 1.165) is 18.4 Å². The molecule has 1 aliphatic carbocycles. The van der Waals surface area contributed by atoms with E-state index in [0.29, 0.717) is 6.42 Å². The second-order valence-corrected chi connectivity index (χ2v) is 5.05. The van der Waals surface area contributed by atoms with E-state index in [1.54, 1.807) is 0 Å². The van der Waals surface area contributed by atoms with Gasteiger partial charge in [0.2, 0.25) is 11.8 Å². The molecule has 1 aliphatic heterocycles. The lowest BCUT2D eigenvalue weighted by atomic mass is 10.0. The third-order valence-electron chi connectivity index (χ3n) is 3.56. The molecule has 1 aromatic carbocycles. The number of hydrogen-bond acceptors (Lipinski definition) is 2. The zero-order chi connectivity index (χ0) is 12.5. The van der Waals surface area contributed by atoms with Crippen molar-refractivity contribution >= 4 is 11.8 Å². The molecule has 1 saturated heterocycles. The molecule has 2 N–H and O–H groups in total. The van der Waals surface area contributed by atoms with Crippen molar-refractivity contribution in [3.8, 4) is 0 Å². The van der Waals surface area contributed by atoms with Crippen molar-refractivity contribution in [2.75, 3.05) is 0 Å². The molecule has 3 rings (SSSR count). The first-order chi connectivity index (χ1) is 8.74. The molecule has 2 amide bonds. The molecule has 2 atom stereocenters. The van der Waals surface area contributed by atoms with Crippen LogP contribution in [0.4, 0.5) is 0 Å². The van der Waals surface area contributed by atoms with Gasteiger partial charge >= 0.3 is 0 Å². The Morgan fingerprint density at radius 3 is 2.61 bits per heavy atom. The molecule has 2 aliphatic rings. The molecule has 0 radical (unpaired) electrons. The summed E-state index contributed by atoms with van der Waals surface area (Å²) in [6.45, 7) is 0. The zero-order valence-electron chi connectivity index (χ0n) is 10.1. The van der Waals surface area contributed by atoms with Crippen molar-refractivity contribution in [2.45, 2.75) is 31.3 Å². The van der Waals surface area contributed by atoms with E-state index in [1.807, 2.05) is 30.3 Å². The van der Waals surface area contributed by atoms with Crippen LogP contribution in [0.5, 0.6) is 0 Å². The van der Waals surface area contributed by atoms with Crippen molar-refractivity contribution < 1.29 is 9.59 Å². The number of benzene rings is 1. The largest absolute Gasteiger partial charge is 0.350 e.